The summed E-state index contributed by atoms with van der Waals surface area (Å²) in [4.78, 5) is 31.2. The Morgan fingerprint density at radius 3 is 2.81 bits per heavy atom. The molecule has 7 nitrogen and oxygen atoms in total. The minimum atomic E-state index is -0.0668. The molecule has 0 unspecified atom stereocenters. The molecule has 0 atom stereocenters. The van der Waals surface area contributed by atoms with Gasteiger partial charge in [-0.15, -0.1) is 0 Å². The summed E-state index contributed by atoms with van der Waals surface area (Å²) in [6.07, 6.45) is 12.4. The predicted molar refractivity (Wildman–Crippen MR) is 118 cm³/mol. The van der Waals surface area contributed by atoms with Gasteiger partial charge in [0.05, 0.1) is 11.3 Å². The molecule has 1 aliphatic heterocycles. The molecule has 1 fully saturated rings. The summed E-state index contributed by atoms with van der Waals surface area (Å²) in [7, 11) is 0. The zero-order valence-corrected chi connectivity index (χ0v) is 17.6. The standard InChI is InChI=1S/C24H27N5O2/c30-24-20-16-29(12-10-21(20)27-23(28-24)18-5-4-11-25-14-18)15-17-8-9-22(26-13-17)31-19-6-2-1-3-7-19/h4-5,8-9,11,13-14,19H,1-3,6-7,10,12,15-16H2,(H,27,28,30). The van der Waals surface area contributed by atoms with Crippen molar-refractivity contribution in [1.29, 1.82) is 0 Å². The first-order valence-corrected chi connectivity index (χ1v) is 11.1. The summed E-state index contributed by atoms with van der Waals surface area (Å²) in [5.74, 6) is 1.30. The highest BCUT2D eigenvalue weighted by Gasteiger charge is 2.22. The van der Waals surface area contributed by atoms with Crippen LogP contribution in [0.3, 0.4) is 0 Å². The fraction of sp³-hybridized carbons (Fsp3) is 0.417. The van der Waals surface area contributed by atoms with Crippen LogP contribution < -0.4 is 10.3 Å². The summed E-state index contributed by atoms with van der Waals surface area (Å²) in [5.41, 5.74) is 3.52. The number of nitrogens with one attached hydrogen (secondary N) is 1. The molecule has 160 valence electrons. The van der Waals surface area contributed by atoms with Gasteiger partial charge in [0.2, 0.25) is 5.88 Å². The Morgan fingerprint density at radius 1 is 1.13 bits per heavy atom. The van der Waals surface area contributed by atoms with Gasteiger partial charge in [-0.2, -0.15) is 0 Å². The Labute approximate surface area is 181 Å². The van der Waals surface area contributed by atoms with Crippen LogP contribution in [0.5, 0.6) is 5.88 Å². The predicted octanol–water partition coefficient (Wildman–Crippen LogP) is 3.50. The molecular weight excluding hydrogens is 390 g/mol. The van der Waals surface area contributed by atoms with Gasteiger partial charge >= 0.3 is 0 Å². The number of aromatic amines is 1. The number of hydrogen-bond acceptors (Lipinski definition) is 6. The van der Waals surface area contributed by atoms with Gasteiger partial charge < -0.3 is 9.72 Å². The van der Waals surface area contributed by atoms with Gasteiger partial charge in [-0.05, 0) is 43.4 Å². The molecule has 1 saturated carbocycles. The monoisotopic (exact) mass is 417 g/mol. The van der Waals surface area contributed by atoms with Crippen molar-refractivity contribution >= 4 is 0 Å². The van der Waals surface area contributed by atoms with Crippen molar-refractivity contribution in [3.63, 3.8) is 0 Å². The third kappa shape index (κ3) is 4.66. The fourth-order valence-corrected chi connectivity index (χ4v) is 4.44. The van der Waals surface area contributed by atoms with E-state index in [-0.39, 0.29) is 5.56 Å². The zero-order chi connectivity index (χ0) is 21.0. The molecule has 0 aromatic carbocycles. The Hall–Kier alpha value is -3.06. The molecule has 1 N–H and O–H groups in total. The van der Waals surface area contributed by atoms with E-state index in [0.717, 1.165) is 54.7 Å². The van der Waals surface area contributed by atoms with Crippen molar-refractivity contribution in [2.75, 3.05) is 6.54 Å². The lowest BCUT2D eigenvalue weighted by molar-refractivity contribution is 0.148. The van der Waals surface area contributed by atoms with Gasteiger partial charge in [-0.1, -0.05) is 12.5 Å². The van der Waals surface area contributed by atoms with E-state index in [2.05, 4.69) is 25.9 Å². The highest BCUT2D eigenvalue weighted by Crippen LogP contribution is 2.23. The van der Waals surface area contributed by atoms with E-state index in [9.17, 15) is 4.79 Å². The number of hydrogen-bond donors (Lipinski definition) is 1. The lowest BCUT2D eigenvalue weighted by atomic mass is 9.98. The molecule has 4 heterocycles. The van der Waals surface area contributed by atoms with E-state index in [1.54, 1.807) is 12.4 Å². The van der Waals surface area contributed by atoms with Crippen LogP contribution in [0.15, 0.2) is 47.7 Å². The Kier molecular flexibility index (Phi) is 5.76. The van der Waals surface area contributed by atoms with E-state index in [4.69, 9.17) is 9.72 Å². The van der Waals surface area contributed by atoms with Crippen LogP contribution in [0.2, 0.25) is 0 Å². The van der Waals surface area contributed by atoms with E-state index >= 15 is 0 Å². The first-order valence-electron chi connectivity index (χ1n) is 11.1. The smallest absolute Gasteiger partial charge is 0.255 e. The van der Waals surface area contributed by atoms with Crippen molar-refractivity contribution in [3.8, 4) is 17.3 Å². The number of fused-ring (bicyclic) bond motifs is 1. The quantitative estimate of drug-likeness (QED) is 0.684. The van der Waals surface area contributed by atoms with Crippen LogP contribution in [-0.4, -0.2) is 37.5 Å². The molecule has 0 saturated heterocycles. The van der Waals surface area contributed by atoms with Crippen molar-refractivity contribution in [3.05, 3.63) is 70.0 Å². The SMILES string of the molecule is O=c1[nH]c(-c2cccnc2)nc2c1CN(Cc1ccc(OC3CCCCC3)nc1)CC2. The Bertz CT molecular complexity index is 1080. The zero-order valence-electron chi connectivity index (χ0n) is 17.6. The molecule has 7 heteroatoms. The van der Waals surface area contributed by atoms with Gasteiger partial charge in [0.1, 0.15) is 11.9 Å². The third-order valence-corrected chi connectivity index (χ3v) is 6.13. The summed E-state index contributed by atoms with van der Waals surface area (Å²) < 4.78 is 6.03. The minimum Gasteiger partial charge on any atom is -0.474 e. The van der Waals surface area contributed by atoms with Gasteiger partial charge in [0.25, 0.3) is 5.56 Å². The lowest BCUT2D eigenvalue weighted by Gasteiger charge is -2.27. The highest BCUT2D eigenvalue weighted by molar-refractivity contribution is 5.53. The van der Waals surface area contributed by atoms with E-state index < -0.39 is 0 Å². The Morgan fingerprint density at radius 2 is 2.03 bits per heavy atom. The fourth-order valence-electron chi connectivity index (χ4n) is 4.44. The number of ether oxygens (including phenoxy) is 1. The maximum absolute atomic E-state index is 12.7. The topological polar surface area (TPSA) is 84.0 Å². The highest BCUT2D eigenvalue weighted by atomic mass is 16.5. The van der Waals surface area contributed by atoms with Gasteiger partial charge in [0.15, 0.2) is 0 Å². The van der Waals surface area contributed by atoms with Gasteiger partial charge in [0, 0.05) is 56.3 Å². The molecule has 1 aliphatic carbocycles. The minimum absolute atomic E-state index is 0.0668. The van der Waals surface area contributed by atoms with Crippen molar-refractivity contribution < 1.29 is 4.74 Å². The second kappa shape index (κ2) is 8.98. The average Bonchev–Trinajstić information content (AvgIpc) is 2.82. The van der Waals surface area contributed by atoms with Crippen molar-refractivity contribution in [2.24, 2.45) is 0 Å². The molecule has 3 aromatic heterocycles. The van der Waals surface area contributed by atoms with Gasteiger partial charge in [-0.25, -0.2) is 9.97 Å². The molecule has 2 aliphatic rings. The van der Waals surface area contributed by atoms with E-state index in [1.807, 2.05) is 24.4 Å². The number of aromatic nitrogens is 4. The van der Waals surface area contributed by atoms with Crippen molar-refractivity contribution in [2.45, 2.75) is 57.7 Å². The number of rotatable bonds is 5. The molecule has 0 radical (unpaired) electrons. The molecule has 0 bridgehead atoms. The summed E-state index contributed by atoms with van der Waals surface area (Å²) >= 11 is 0. The molecule has 0 spiro atoms. The molecule has 0 amide bonds. The second-order valence-electron chi connectivity index (χ2n) is 8.42. The van der Waals surface area contributed by atoms with Gasteiger partial charge in [-0.3, -0.25) is 14.7 Å². The molecule has 3 aromatic rings. The van der Waals surface area contributed by atoms with E-state index in [0.29, 0.717) is 24.4 Å². The Balaban J connectivity index is 1.24. The first kappa shape index (κ1) is 19.9. The summed E-state index contributed by atoms with van der Waals surface area (Å²) in [5, 5.41) is 0. The maximum atomic E-state index is 12.7. The van der Waals surface area contributed by atoms with Crippen LogP contribution >= 0.6 is 0 Å². The number of H-pyrrole nitrogens is 1. The second-order valence-corrected chi connectivity index (χ2v) is 8.42. The summed E-state index contributed by atoms with van der Waals surface area (Å²) in [6.45, 7) is 2.20. The normalized spacial score (nSPS) is 17.3. The molecular formula is C24H27N5O2. The maximum Gasteiger partial charge on any atom is 0.255 e. The average molecular weight is 418 g/mol. The third-order valence-electron chi connectivity index (χ3n) is 6.13. The van der Waals surface area contributed by atoms with Crippen LogP contribution in [0.1, 0.15) is 48.9 Å². The van der Waals surface area contributed by atoms with Crippen LogP contribution in [-0.2, 0) is 19.5 Å². The summed E-state index contributed by atoms with van der Waals surface area (Å²) in [6, 6.07) is 7.79. The van der Waals surface area contributed by atoms with Crippen molar-refractivity contribution in [1.82, 2.24) is 24.8 Å². The van der Waals surface area contributed by atoms with Crippen LogP contribution in [0.4, 0.5) is 0 Å². The number of nitrogens with zero attached hydrogens (tertiary/aromatic N) is 4. The molecule has 31 heavy (non-hydrogen) atoms. The molecule has 5 rings (SSSR count). The number of pyridine rings is 2. The van der Waals surface area contributed by atoms with Crippen LogP contribution in [0.25, 0.3) is 11.4 Å². The lowest BCUT2D eigenvalue weighted by Crippen LogP contribution is -2.35. The first-order chi connectivity index (χ1) is 15.2. The van der Waals surface area contributed by atoms with Crippen LogP contribution in [0, 0.1) is 0 Å². The largest absolute Gasteiger partial charge is 0.474 e. The van der Waals surface area contributed by atoms with E-state index in [1.165, 1.54) is 19.3 Å².